The van der Waals surface area contributed by atoms with E-state index in [1.54, 1.807) is 6.92 Å². The molecule has 1 aromatic heterocycles. The molecule has 2 rings (SSSR count). The molecule has 0 aliphatic carbocycles. The van der Waals surface area contributed by atoms with E-state index in [4.69, 9.17) is 11.5 Å². The summed E-state index contributed by atoms with van der Waals surface area (Å²) in [5.41, 5.74) is 13.2. The second-order valence-corrected chi connectivity index (χ2v) is 9.69. The average Bonchev–Trinajstić information content (AvgIpc) is 3.43. The number of benzene rings is 1. The van der Waals surface area contributed by atoms with Crippen LogP contribution in [-0.2, 0) is 32.0 Å². The third kappa shape index (κ3) is 10.5. The fraction of sp³-hybridized carbons (Fsp3) is 0.519. The van der Waals surface area contributed by atoms with Crippen LogP contribution in [0, 0.1) is 5.92 Å². The number of unbranched alkanes of at least 4 members (excludes halogenated alkanes) is 1. The molecule has 0 aliphatic rings. The summed E-state index contributed by atoms with van der Waals surface area (Å²) in [6.45, 7) is 4.08. The first-order chi connectivity index (χ1) is 18.7. The molecule has 39 heavy (non-hydrogen) atoms. The van der Waals surface area contributed by atoms with Crippen LogP contribution in [0.1, 0.15) is 50.8 Å². The van der Waals surface area contributed by atoms with Crippen molar-refractivity contribution < 1.29 is 24.3 Å². The number of H-pyrrole nitrogens is 1. The molecule has 12 nitrogen and oxygen atoms in total. The molecule has 0 fully saturated rings. The van der Waals surface area contributed by atoms with Crippen molar-refractivity contribution in [2.24, 2.45) is 17.4 Å². The Kier molecular flexibility index (Phi) is 13.1. The predicted molar refractivity (Wildman–Crippen MR) is 146 cm³/mol. The van der Waals surface area contributed by atoms with Crippen LogP contribution in [-0.4, -0.2) is 69.5 Å². The Labute approximate surface area is 228 Å². The van der Waals surface area contributed by atoms with Crippen LogP contribution in [0.2, 0.25) is 0 Å². The number of carboxylic acids is 1. The molecular weight excluding hydrogens is 502 g/mol. The van der Waals surface area contributed by atoms with E-state index in [9.17, 15) is 24.3 Å². The van der Waals surface area contributed by atoms with Gasteiger partial charge in [-0.25, -0.2) is 9.78 Å². The van der Waals surface area contributed by atoms with Gasteiger partial charge in [-0.2, -0.15) is 0 Å². The van der Waals surface area contributed by atoms with Gasteiger partial charge in [-0.15, -0.1) is 0 Å². The number of nitrogens with zero attached hydrogens (tertiary/aromatic N) is 1. The second-order valence-electron chi connectivity index (χ2n) is 9.69. The van der Waals surface area contributed by atoms with E-state index >= 15 is 0 Å². The number of nitrogens with two attached hydrogens (primary N) is 2. The normalized spacial score (nSPS) is 14.9. The molecule has 9 N–H and O–H groups in total. The van der Waals surface area contributed by atoms with Crippen molar-refractivity contribution in [2.75, 3.05) is 6.54 Å². The van der Waals surface area contributed by atoms with Gasteiger partial charge in [0.1, 0.15) is 18.1 Å². The van der Waals surface area contributed by atoms with Crippen molar-refractivity contribution >= 4 is 23.7 Å². The molecular formula is C27H41N7O5. The minimum absolute atomic E-state index is 0.000675. The third-order valence-electron chi connectivity index (χ3n) is 6.60. The highest BCUT2D eigenvalue weighted by molar-refractivity contribution is 5.94. The number of aromatic nitrogens is 2. The molecule has 0 spiro atoms. The zero-order valence-corrected chi connectivity index (χ0v) is 22.6. The minimum Gasteiger partial charge on any atom is -0.480 e. The second kappa shape index (κ2) is 16.2. The number of carbonyl (C=O) groups is 4. The molecule has 12 heteroatoms. The highest BCUT2D eigenvalue weighted by Gasteiger charge is 2.32. The quantitative estimate of drug-likeness (QED) is 0.137. The maximum Gasteiger partial charge on any atom is 0.326 e. The molecule has 0 radical (unpaired) electrons. The van der Waals surface area contributed by atoms with Gasteiger partial charge in [-0.05, 0) is 43.7 Å². The summed E-state index contributed by atoms with van der Waals surface area (Å²) >= 11 is 0. The van der Waals surface area contributed by atoms with E-state index in [2.05, 4.69) is 25.9 Å². The standard InChI is InChI=1S/C27H41N7O5/c1-3-17(2)23(26(37)33-22(27(38)39)14-19-15-30-16-31-19)34-25(36)21(11-7-8-12-28)32-24(35)20(29)13-18-9-5-4-6-10-18/h4-6,9-10,15-17,20-23H,3,7-8,11-14,28-29H2,1-2H3,(H,30,31)(H,32,35)(H,33,37)(H,34,36)(H,38,39). The Balaban J connectivity index is 2.12. The molecule has 5 unspecified atom stereocenters. The van der Waals surface area contributed by atoms with Gasteiger partial charge in [0.15, 0.2) is 0 Å². The number of aliphatic carboxylic acids is 1. The molecule has 214 valence electrons. The first kappa shape index (κ1) is 31.4. The number of nitrogens with one attached hydrogen (secondary N) is 4. The Bertz CT molecular complexity index is 1050. The monoisotopic (exact) mass is 543 g/mol. The van der Waals surface area contributed by atoms with E-state index in [-0.39, 0.29) is 12.3 Å². The summed E-state index contributed by atoms with van der Waals surface area (Å²) in [5.74, 6) is -3.19. The van der Waals surface area contributed by atoms with Crippen LogP contribution in [0.4, 0.5) is 0 Å². The van der Waals surface area contributed by atoms with E-state index in [0.717, 1.165) is 5.56 Å². The van der Waals surface area contributed by atoms with Crippen molar-refractivity contribution in [1.29, 1.82) is 0 Å². The average molecular weight is 544 g/mol. The number of hydrogen-bond donors (Lipinski definition) is 7. The van der Waals surface area contributed by atoms with Crippen LogP contribution in [0.15, 0.2) is 42.9 Å². The van der Waals surface area contributed by atoms with Crippen molar-refractivity contribution in [3.63, 3.8) is 0 Å². The molecule has 5 atom stereocenters. The zero-order chi connectivity index (χ0) is 28.8. The number of amides is 3. The topological polar surface area (TPSA) is 205 Å². The van der Waals surface area contributed by atoms with Crippen LogP contribution in [0.25, 0.3) is 0 Å². The van der Waals surface area contributed by atoms with E-state index < -0.39 is 47.9 Å². The summed E-state index contributed by atoms with van der Waals surface area (Å²) in [4.78, 5) is 57.9. The smallest absolute Gasteiger partial charge is 0.326 e. The van der Waals surface area contributed by atoms with Gasteiger partial charge in [0.2, 0.25) is 17.7 Å². The SMILES string of the molecule is CCC(C)C(NC(=O)C(CCCCN)NC(=O)C(N)Cc1ccccc1)C(=O)NC(Cc1cnc[nH]1)C(=O)O. The summed E-state index contributed by atoms with van der Waals surface area (Å²) < 4.78 is 0. The molecule has 0 saturated heterocycles. The molecule has 0 aliphatic heterocycles. The number of aromatic amines is 1. The number of carbonyl (C=O) groups excluding carboxylic acids is 3. The molecule has 1 aromatic carbocycles. The Morgan fingerprint density at radius 1 is 0.974 bits per heavy atom. The maximum atomic E-state index is 13.4. The lowest BCUT2D eigenvalue weighted by atomic mass is 9.96. The predicted octanol–water partition coefficient (Wildman–Crippen LogP) is 0.236. The van der Waals surface area contributed by atoms with Crippen molar-refractivity contribution in [1.82, 2.24) is 25.9 Å². The van der Waals surface area contributed by atoms with Gasteiger partial charge in [-0.3, -0.25) is 14.4 Å². The first-order valence-electron chi connectivity index (χ1n) is 13.3. The fourth-order valence-corrected chi connectivity index (χ4v) is 4.03. The molecule has 3 amide bonds. The van der Waals surface area contributed by atoms with E-state index in [0.29, 0.717) is 44.3 Å². The number of hydrogen-bond acceptors (Lipinski definition) is 7. The summed E-state index contributed by atoms with van der Waals surface area (Å²) in [6, 6.07) is 5.26. The van der Waals surface area contributed by atoms with Crippen LogP contribution in [0.5, 0.6) is 0 Å². The van der Waals surface area contributed by atoms with Crippen LogP contribution < -0.4 is 27.4 Å². The molecule has 0 bridgehead atoms. The number of carboxylic acid groups (broad SMARTS) is 1. The molecule has 2 aromatic rings. The van der Waals surface area contributed by atoms with Crippen LogP contribution >= 0.6 is 0 Å². The highest BCUT2D eigenvalue weighted by atomic mass is 16.4. The lowest BCUT2D eigenvalue weighted by Gasteiger charge is -2.28. The van der Waals surface area contributed by atoms with Gasteiger partial charge in [0.25, 0.3) is 0 Å². The summed E-state index contributed by atoms with van der Waals surface area (Å²) in [7, 11) is 0. The van der Waals surface area contributed by atoms with Gasteiger partial charge in [-0.1, -0.05) is 50.6 Å². The zero-order valence-electron chi connectivity index (χ0n) is 22.6. The Morgan fingerprint density at radius 3 is 2.26 bits per heavy atom. The Morgan fingerprint density at radius 2 is 1.67 bits per heavy atom. The van der Waals surface area contributed by atoms with Crippen LogP contribution in [0.3, 0.4) is 0 Å². The van der Waals surface area contributed by atoms with Crippen molar-refractivity contribution in [2.45, 2.75) is 76.5 Å². The largest absolute Gasteiger partial charge is 0.480 e. The summed E-state index contributed by atoms with van der Waals surface area (Å²) in [6.07, 6.45) is 5.28. The van der Waals surface area contributed by atoms with Gasteiger partial charge < -0.3 is 37.5 Å². The summed E-state index contributed by atoms with van der Waals surface area (Å²) in [5, 5.41) is 17.6. The lowest BCUT2D eigenvalue weighted by molar-refractivity contribution is -0.142. The molecule has 0 saturated carbocycles. The number of imidazole rings is 1. The highest BCUT2D eigenvalue weighted by Crippen LogP contribution is 2.11. The number of rotatable bonds is 17. The lowest BCUT2D eigenvalue weighted by Crippen LogP contribution is -2.59. The van der Waals surface area contributed by atoms with Gasteiger partial charge in [0, 0.05) is 18.3 Å². The van der Waals surface area contributed by atoms with Crippen molar-refractivity contribution in [3.8, 4) is 0 Å². The fourth-order valence-electron chi connectivity index (χ4n) is 4.03. The minimum atomic E-state index is -1.22. The maximum absolute atomic E-state index is 13.4. The van der Waals surface area contributed by atoms with Gasteiger partial charge >= 0.3 is 5.97 Å². The van der Waals surface area contributed by atoms with Gasteiger partial charge in [0.05, 0.1) is 12.4 Å². The molecule has 1 heterocycles. The van der Waals surface area contributed by atoms with E-state index in [1.165, 1.54) is 12.5 Å². The van der Waals surface area contributed by atoms with Crippen molar-refractivity contribution in [3.05, 3.63) is 54.1 Å². The van der Waals surface area contributed by atoms with E-state index in [1.807, 2.05) is 37.3 Å². The Hall–Kier alpha value is -3.77. The first-order valence-corrected chi connectivity index (χ1v) is 13.3. The third-order valence-corrected chi connectivity index (χ3v) is 6.60.